The SMILES string of the molecule is C=CCC(F)(F)C1COc2ccccc2C1=O. The molecule has 4 heteroatoms. The summed E-state index contributed by atoms with van der Waals surface area (Å²) in [6.45, 7) is 3.00. The van der Waals surface area contributed by atoms with Crippen LogP contribution in [0.4, 0.5) is 8.78 Å². The van der Waals surface area contributed by atoms with Gasteiger partial charge in [-0.1, -0.05) is 18.2 Å². The Morgan fingerprint density at radius 3 is 2.88 bits per heavy atom. The summed E-state index contributed by atoms with van der Waals surface area (Å²) in [4.78, 5) is 11.9. The highest BCUT2D eigenvalue weighted by molar-refractivity contribution is 6.01. The molecule has 2 nitrogen and oxygen atoms in total. The van der Waals surface area contributed by atoms with Gasteiger partial charge in [0.1, 0.15) is 18.3 Å². The third-order valence-electron chi connectivity index (χ3n) is 2.80. The second kappa shape index (κ2) is 4.28. The first-order valence-corrected chi connectivity index (χ1v) is 5.31. The van der Waals surface area contributed by atoms with E-state index in [2.05, 4.69) is 6.58 Å². The number of para-hydroxylation sites is 1. The van der Waals surface area contributed by atoms with Crippen LogP contribution in [-0.4, -0.2) is 18.3 Å². The number of fused-ring (bicyclic) bond motifs is 1. The lowest BCUT2D eigenvalue weighted by Crippen LogP contribution is -2.41. The Labute approximate surface area is 97.9 Å². The summed E-state index contributed by atoms with van der Waals surface area (Å²) in [5, 5.41) is 0. The van der Waals surface area contributed by atoms with Gasteiger partial charge in [0, 0.05) is 6.42 Å². The van der Waals surface area contributed by atoms with E-state index >= 15 is 0 Å². The van der Waals surface area contributed by atoms with E-state index in [0.29, 0.717) is 5.75 Å². The molecule has 1 unspecified atom stereocenters. The maximum atomic E-state index is 13.7. The Morgan fingerprint density at radius 2 is 2.18 bits per heavy atom. The van der Waals surface area contributed by atoms with E-state index in [1.165, 1.54) is 6.07 Å². The number of allylic oxidation sites excluding steroid dienone is 1. The molecule has 90 valence electrons. The van der Waals surface area contributed by atoms with Gasteiger partial charge in [0.2, 0.25) is 0 Å². The van der Waals surface area contributed by atoms with Crippen LogP contribution in [0.25, 0.3) is 0 Å². The fraction of sp³-hybridized carbons (Fsp3) is 0.308. The van der Waals surface area contributed by atoms with Crippen molar-refractivity contribution in [3.05, 3.63) is 42.5 Å². The molecule has 0 N–H and O–H groups in total. The van der Waals surface area contributed by atoms with E-state index in [-0.39, 0.29) is 12.2 Å². The Morgan fingerprint density at radius 1 is 1.47 bits per heavy atom. The van der Waals surface area contributed by atoms with Crippen molar-refractivity contribution in [2.24, 2.45) is 5.92 Å². The Hall–Kier alpha value is -1.71. The summed E-state index contributed by atoms with van der Waals surface area (Å²) in [5.74, 6) is -4.70. The van der Waals surface area contributed by atoms with Gasteiger partial charge in [-0.2, -0.15) is 0 Å². The van der Waals surface area contributed by atoms with Crippen molar-refractivity contribution in [1.82, 2.24) is 0 Å². The number of carbonyl (C=O) groups is 1. The number of benzene rings is 1. The smallest absolute Gasteiger partial charge is 0.264 e. The van der Waals surface area contributed by atoms with Crippen LogP contribution >= 0.6 is 0 Å². The minimum atomic E-state index is -3.10. The first-order chi connectivity index (χ1) is 8.06. The highest BCUT2D eigenvalue weighted by atomic mass is 19.3. The molecule has 2 rings (SSSR count). The first-order valence-electron chi connectivity index (χ1n) is 5.31. The van der Waals surface area contributed by atoms with Gasteiger partial charge in [0.05, 0.1) is 5.56 Å². The lowest BCUT2D eigenvalue weighted by molar-refractivity contribution is -0.0584. The van der Waals surface area contributed by atoms with Crippen molar-refractivity contribution >= 4 is 5.78 Å². The summed E-state index contributed by atoms with van der Waals surface area (Å²) < 4.78 is 32.6. The predicted octanol–water partition coefficient (Wildman–Crippen LogP) is 3.09. The average Bonchev–Trinajstić information content (AvgIpc) is 2.29. The molecule has 1 aromatic rings. The van der Waals surface area contributed by atoms with Crippen LogP contribution < -0.4 is 4.74 Å². The summed E-state index contributed by atoms with van der Waals surface area (Å²) in [6, 6.07) is 6.45. The van der Waals surface area contributed by atoms with Crippen LogP contribution in [-0.2, 0) is 0 Å². The number of rotatable bonds is 3. The van der Waals surface area contributed by atoms with Crippen LogP contribution in [0.3, 0.4) is 0 Å². The van der Waals surface area contributed by atoms with Crippen LogP contribution in [0.1, 0.15) is 16.8 Å². The second-order valence-electron chi connectivity index (χ2n) is 3.98. The standard InChI is InChI=1S/C13H12F2O2/c1-2-7-13(14,15)10-8-17-11-6-4-3-5-9(11)12(10)16/h2-6,10H,1,7-8H2. The molecule has 0 spiro atoms. The Kier molecular flexibility index (Phi) is 2.96. The van der Waals surface area contributed by atoms with Crippen molar-refractivity contribution in [3.8, 4) is 5.75 Å². The molecule has 0 saturated heterocycles. The summed E-state index contributed by atoms with van der Waals surface area (Å²) in [5.41, 5.74) is 0.229. The molecule has 0 fully saturated rings. The second-order valence-corrected chi connectivity index (χ2v) is 3.98. The number of hydrogen-bond donors (Lipinski definition) is 0. The fourth-order valence-corrected chi connectivity index (χ4v) is 1.88. The van der Waals surface area contributed by atoms with E-state index in [1.54, 1.807) is 18.2 Å². The quantitative estimate of drug-likeness (QED) is 0.756. The normalized spacial score (nSPS) is 19.4. The Bertz CT molecular complexity index is 454. The monoisotopic (exact) mass is 238 g/mol. The van der Waals surface area contributed by atoms with Gasteiger partial charge in [-0.25, -0.2) is 8.78 Å². The van der Waals surface area contributed by atoms with Crippen molar-refractivity contribution in [2.45, 2.75) is 12.3 Å². The van der Waals surface area contributed by atoms with Gasteiger partial charge in [-0.15, -0.1) is 6.58 Å². The maximum Gasteiger partial charge on any atom is 0.264 e. The zero-order valence-electron chi connectivity index (χ0n) is 9.16. The molecule has 0 amide bonds. The molecule has 1 heterocycles. The van der Waals surface area contributed by atoms with Crippen molar-refractivity contribution in [1.29, 1.82) is 0 Å². The molecular weight excluding hydrogens is 226 g/mol. The molecule has 0 bridgehead atoms. The third kappa shape index (κ3) is 2.07. The topological polar surface area (TPSA) is 26.3 Å². The van der Waals surface area contributed by atoms with E-state index in [9.17, 15) is 13.6 Å². The van der Waals surface area contributed by atoms with Crippen molar-refractivity contribution < 1.29 is 18.3 Å². The summed E-state index contributed by atoms with van der Waals surface area (Å²) >= 11 is 0. The molecule has 0 radical (unpaired) electrons. The lowest BCUT2D eigenvalue weighted by atomic mass is 9.88. The van der Waals surface area contributed by atoms with Crippen LogP contribution in [0, 0.1) is 5.92 Å². The number of ether oxygens (including phenoxy) is 1. The summed E-state index contributed by atoms with van der Waals surface area (Å²) in [6.07, 6.45) is 0.600. The lowest BCUT2D eigenvalue weighted by Gasteiger charge is -2.29. The molecule has 0 saturated carbocycles. The molecule has 17 heavy (non-hydrogen) atoms. The number of halogens is 2. The van der Waals surface area contributed by atoms with Gasteiger partial charge in [-0.3, -0.25) is 4.79 Å². The van der Waals surface area contributed by atoms with Gasteiger partial charge in [0.15, 0.2) is 5.78 Å². The van der Waals surface area contributed by atoms with Crippen molar-refractivity contribution in [3.63, 3.8) is 0 Å². The number of ketones is 1. The minimum absolute atomic E-state index is 0.229. The highest BCUT2D eigenvalue weighted by Gasteiger charge is 2.46. The highest BCUT2D eigenvalue weighted by Crippen LogP contribution is 2.37. The largest absolute Gasteiger partial charge is 0.492 e. The average molecular weight is 238 g/mol. The van der Waals surface area contributed by atoms with Crippen LogP contribution in [0.2, 0.25) is 0 Å². The summed E-state index contributed by atoms with van der Waals surface area (Å²) in [7, 11) is 0. The molecule has 1 atom stereocenters. The number of carbonyl (C=O) groups excluding carboxylic acids is 1. The zero-order valence-corrected chi connectivity index (χ0v) is 9.16. The zero-order chi connectivity index (χ0) is 12.5. The maximum absolute atomic E-state index is 13.7. The van der Waals surface area contributed by atoms with Gasteiger partial charge >= 0.3 is 0 Å². The van der Waals surface area contributed by atoms with Crippen LogP contribution in [0.5, 0.6) is 5.75 Å². The molecule has 1 aliphatic rings. The molecule has 0 aliphatic carbocycles. The minimum Gasteiger partial charge on any atom is -0.492 e. The van der Waals surface area contributed by atoms with Gasteiger partial charge in [0.25, 0.3) is 5.92 Å². The number of Topliss-reactive ketones (excluding diaryl/α,β-unsaturated/α-hetero) is 1. The van der Waals surface area contributed by atoms with E-state index in [4.69, 9.17) is 4.74 Å². The third-order valence-corrected chi connectivity index (χ3v) is 2.80. The number of alkyl halides is 2. The van der Waals surface area contributed by atoms with Gasteiger partial charge in [-0.05, 0) is 12.1 Å². The number of hydrogen-bond acceptors (Lipinski definition) is 2. The molecule has 0 aromatic heterocycles. The predicted molar refractivity (Wildman–Crippen MR) is 59.5 cm³/mol. The fourth-order valence-electron chi connectivity index (χ4n) is 1.88. The van der Waals surface area contributed by atoms with E-state index in [0.717, 1.165) is 6.08 Å². The van der Waals surface area contributed by atoms with Crippen LogP contribution in [0.15, 0.2) is 36.9 Å². The Balaban J connectivity index is 2.32. The van der Waals surface area contributed by atoms with E-state index < -0.39 is 24.0 Å². The van der Waals surface area contributed by atoms with E-state index in [1.807, 2.05) is 0 Å². The molecule has 1 aliphatic heterocycles. The first kappa shape index (κ1) is 11.8. The molecule has 1 aromatic carbocycles. The van der Waals surface area contributed by atoms with Crippen molar-refractivity contribution in [2.75, 3.05) is 6.61 Å². The van der Waals surface area contributed by atoms with Gasteiger partial charge < -0.3 is 4.74 Å². The molecular formula is C13H12F2O2.